The van der Waals surface area contributed by atoms with Gasteiger partial charge in [0.2, 0.25) is 11.8 Å². The summed E-state index contributed by atoms with van der Waals surface area (Å²) in [4.78, 5) is 6.61. The smallest absolute Gasteiger partial charge is 0.434 e. The highest BCUT2D eigenvalue weighted by atomic mass is 19.4. The van der Waals surface area contributed by atoms with Crippen LogP contribution in [-0.2, 0) is 0 Å². The topological polar surface area (TPSA) is 70.3 Å². The van der Waals surface area contributed by atoms with Crippen LogP contribution in [0.4, 0.5) is 32.0 Å². The summed E-state index contributed by atoms with van der Waals surface area (Å²) in [5, 5.41) is 0. The number of anilines is 1. The second-order valence-corrected chi connectivity index (χ2v) is 3.41. The molecule has 0 atom stereocenters. The lowest BCUT2D eigenvalue weighted by atomic mass is 10.3. The third-order valence-electron chi connectivity index (χ3n) is 1.92. The molecule has 20 heavy (non-hydrogen) atoms. The predicted molar refractivity (Wildman–Crippen MR) is 54.1 cm³/mol. The number of hydrogen-bond acceptors (Lipinski definition) is 5. The minimum Gasteiger partial charge on any atom is -0.476 e. The van der Waals surface area contributed by atoms with Gasteiger partial charge >= 0.3 is 12.4 Å². The second-order valence-electron chi connectivity index (χ2n) is 3.41. The number of rotatable bonds is 4. The number of hydrogen-bond donors (Lipinski definition) is 1. The van der Waals surface area contributed by atoms with Crippen molar-refractivity contribution in [2.75, 3.05) is 12.3 Å². The summed E-state index contributed by atoms with van der Waals surface area (Å²) in [7, 11) is 0. The summed E-state index contributed by atoms with van der Waals surface area (Å²) in [6, 6.07) is 0. The molecule has 0 aromatic carbocycles. The lowest BCUT2D eigenvalue weighted by Crippen LogP contribution is -2.46. The summed E-state index contributed by atoms with van der Waals surface area (Å²) >= 11 is 0. The van der Waals surface area contributed by atoms with Gasteiger partial charge in [0, 0.05) is 0 Å². The molecular weight excluding hydrogens is 296 g/mol. The molecule has 0 aliphatic heterocycles. The lowest BCUT2D eigenvalue weighted by molar-refractivity contribution is -0.300. The average molecular weight is 305 g/mol. The van der Waals surface area contributed by atoms with E-state index in [0.717, 1.165) is 0 Å². The van der Waals surface area contributed by atoms with Crippen molar-refractivity contribution in [3.05, 3.63) is 6.33 Å². The summed E-state index contributed by atoms with van der Waals surface area (Å²) in [6.45, 7) is 1.58. The Morgan fingerprint density at radius 2 is 1.60 bits per heavy atom. The molecule has 0 spiro atoms. The molecule has 2 N–H and O–H groups in total. The van der Waals surface area contributed by atoms with Crippen molar-refractivity contribution in [3.8, 4) is 11.8 Å². The van der Waals surface area contributed by atoms with Crippen LogP contribution in [0.3, 0.4) is 0 Å². The fourth-order valence-corrected chi connectivity index (χ4v) is 1.14. The first-order chi connectivity index (χ1) is 9.07. The van der Waals surface area contributed by atoms with E-state index in [4.69, 9.17) is 10.5 Å². The van der Waals surface area contributed by atoms with Crippen molar-refractivity contribution in [1.82, 2.24) is 9.97 Å². The van der Waals surface area contributed by atoms with Gasteiger partial charge < -0.3 is 15.2 Å². The number of nitrogens with two attached hydrogens (primary N) is 1. The van der Waals surface area contributed by atoms with Gasteiger partial charge in [-0.25, -0.2) is 0 Å². The van der Waals surface area contributed by atoms with E-state index in [0.29, 0.717) is 6.33 Å². The van der Waals surface area contributed by atoms with Crippen LogP contribution in [0.5, 0.6) is 11.8 Å². The van der Waals surface area contributed by atoms with Crippen molar-refractivity contribution in [1.29, 1.82) is 0 Å². The molecule has 0 aliphatic carbocycles. The number of nitrogen functional groups attached to an aromatic ring is 1. The Morgan fingerprint density at radius 1 is 1.10 bits per heavy atom. The summed E-state index contributed by atoms with van der Waals surface area (Å²) in [5.41, 5.74) is 4.65. The maximum Gasteiger partial charge on any atom is 0.434 e. The van der Waals surface area contributed by atoms with Crippen LogP contribution in [0.25, 0.3) is 0 Å². The van der Waals surface area contributed by atoms with Gasteiger partial charge in [0.05, 0.1) is 6.61 Å². The third-order valence-corrected chi connectivity index (χ3v) is 1.92. The molecule has 0 fully saturated rings. The van der Waals surface area contributed by atoms with Gasteiger partial charge in [-0.05, 0) is 6.92 Å². The van der Waals surface area contributed by atoms with Crippen LogP contribution in [0.2, 0.25) is 0 Å². The fraction of sp³-hybridized carbons (Fsp3) is 0.556. The van der Waals surface area contributed by atoms with Gasteiger partial charge in [-0.2, -0.15) is 36.3 Å². The van der Waals surface area contributed by atoms with Crippen molar-refractivity contribution in [2.45, 2.75) is 25.4 Å². The predicted octanol–water partition coefficient (Wildman–Crippen LogP) is 2.33. The summed E-state index contributed by atoms with van der Waals surface area (Å²) < 4.78 is 82.6. The molecule has 1 aromatic heterocycles. The van der Waals surface area contributed by atoms with E-state index in [1.807, 2.05) is 0 Å². The average Bonchev–Trinajstić information content (AvgIpc) is 2.27. The van der Waals surface area contributed by atoms with Gasteiger partial charge in [0.1, 0.15) is 6.33 Å². The van der Waals surface area contributed by atoms with Crippen molar-refractivity contribution >= 4 is 5.69 Å². The summed E-state index contributed by atoms with van der Waals surface area (Å²) in [6.07, 6.45) is -14.7. The maximum absolute atomic E-state index is 12.3. The van der Waals surface area contributed by atoms with E-state index in [9.17, 15) is 26.3 Å². The Balaban J connectivity index is 3.10. The SMILES string of the molecule is CCOc1ncnc(OC(C(F)(F)F)C(F)(F)F)c1N. The maximum atomic E-state index is 12.3. The highest BCUT2D eigenvalue weighted by molar-refractivity contribution is 5.55. The largest absolute Gasteiger partial charge is 0.476 e. The lowest BCUT2D eigenvalue weighted by Gasteiger charge is -2.23. The van der Waals surface area contributed by atoms with Crippen LogP contribution >= 0.6 is 0 Å². The number of aromatic nitrogens is 2. The highest BCUT2D eigenvalue weighted by Gasteiger charge is 2.59. The zero-order valence-electron chi connectivity index (χ0n) is 9.92. The standard InChI is InChI=1S/C9H9F6N3O2/c1-2-19-5-4(16)6(18-3-17-5)20-7(8(10,11)12)9(13,14)15/h3,7H,2,16H2,1H3. The Kier molecular flexibility index (Phi) is 4.50. The molecule has 5 nitrogen and oxygen atoms in total. The van der Waals surface area contributed by atoms with Gasteiger partial charge in [-0.3, -0.25) is 0 Å². The number of ether oxygens (including phenoxy) is 2. The number of nitrogens with zero attached hydrogens (tertiary/aromatic N) is 2. The minimum atomic E-state index is -5.67. The van der Waals surface area contributed by atoms with Crippen LogP contribution in [0, 0.1) is 0 Å². The van der Waals surface area contributed by atoms with E-state index < -0.39 is 30.0 Å². The number of alkyl halides is 6. The van der Waals surface area contributed by atoms with Crippen LogP contribution in [0.1, 0.15) is 6.92 Å². The molecule has 1 aromatic rings. The van der Waals surface area contributed by atoms with Crippen LogP contribution in [0.15, 0.2) is 6.33 Å². The zero-order chi connectivity index (χ0) is 15.6. The van der Waals surface area contributed by atoms with Gasteiger partial charge in [-0.1, -0.05) is 0 Å². The van der Waals surface area contributed by atoms with Crippen LogP contribution in [-0.4, -0.2) is 35.0 Å². The zero-order valence-corrected chi connectivity index (χ0v) is 9.92. The van der Waals surface area contributed by atoms with E-state index in [-0.39, 0.29) is 12.5 Å². The molecule has 11 heteroatoms. The Bertz CT molecular complexity index is 448. The monoisotopic (exact) mass is 305 g/mol. The van der Waals surface area contributed by atoms with E-state index >= 15 is 0 Å². The fourth-order valence-electron chi connectivity index (χ4n) is 1.14. The molecule has 0 bridgehead atoms. The highest BCUT2D eigenvalue weighted by Crippen LogP contribution is 2.38. The van der Waals surface area contributed by atoms with Gasteiger partial charge in [0.15, 0.2) is 5.69 Å². The molecule has 1 rings (SSSR count). The molecule has 0 saturated carbocycles. The molecular formula is C9H9F6N3O2. The molecule has 1 heterocycles. The first-order valence-corrected chi connectivity index (χ1v) is 5.10. The first-order valence-electron chi connectivity index (χ1n) is 5.10. The first kappa shape index (κ1) is 16.1. The molecule has 0 radical (unpaired) electrons. The Labute approximate surface area is 108 Å². The van der Waals surface area contributed by atoms with Gasteiger partial charge in [0.25, 0.3) is 6.10 Å². The normalized spacial score (nSPS) is 12.6. The molecule has 0 unspecified atom stereocenters. The third kappa shape index (κ3) is 3.78. The minimum absolute atomic E-state index is 0.0582. The van der Waals surface area contributed by atoms with Crippen LogP contribution < -0.4 is 15.2 Å². The Hall–Kier alpha value is -1.94. The molecule has 0 saturated heterocycles. The van der Waals surface area contributed by atoms with Crippen molar-refractivity contribution < 1.29 is 35.8 Å². The molecule has 0 aliphatic rings. The van der Waals surface area contributed by atoms with Gasteiger partial charge in [-0.15, -0.1) is 0 Å². The molecule has 114 valence electrons. The Morgan fingerprint density at radius 3 is 2.05 bits per heavy atom. The quantitative estimate of drug-likeness (QED) is 0.865. The second kappa shape index (κ2) is 5.59. The van der Waals surface area contributed by atoms with Crippen molar-refractivity contribution in [2.24, 2.45) is 0 Å². The van der Waals surface area contributed by atoms with E-state index in [2.05, 4.69) is 14.7 Å². The van der Waals surface area contributed by atoms with Crippen molar-refractivity contribution in [3.63, 3.8) is 0 Å². The summed E-state index contributed by atoms with van der Waals surface area (Å²) in [5.74, 6) is -1.41. The van der Waals surface area contributed by atoms with E-state index in [1.54, 1.807) is 0 Å². The van der Waals surface area contributed by atoms with E-state index in [1.165, 1.54) is 6.92 Å². The number of halogens is 6. The molecule has 0 amide bonds.